The van der Waals surface area contributed by atoms with E-state index in [0.29, 0.717) is 13.0 Å². The summed E-state index contributed by atoms with van der Waals surface area (Å²) in [7, 11) is 0. The summed E-state index contributed by atoms with van der Waals surface area (Å²) in [4.78, 5) is 10.6. The Bertz CT molecular complexity index is 204. The van der Waals surface area contributed by atoms with Crippen LogP contribution in [0, 0.1) is 0 Å². The van der Waals surface area contributed by atoms with Crippen molar-refractivity contribution in [2.75, 3.05) is 6.54 Å². The molecular weight excluding hydrogens is 132 g/mol. The molecule has 0 rings (SSSR count). The van der Waals surface area contributed by atoms with Gasteiger partial charge >= 0.3 is 5.97 Å². The largest absolute Gasteiger partial charge is 0.480 e. The van der Waals surface area contributed by atoms with Crippen LogP contribution < -0.4 is 11.5 Å². The third-order valence-electron chi connectivity index (χ3n) is 0.965. The number of hydrogen-bond donors (Lipinski definition) is 3. The molecule has 0 aromatic carbocycles. The summed E-state index contributed by atoms with van der Waals surface area (Å²) in [6, 6.07) is -2.55. The van der Waals surface area contributed by atoms with E-state index in [2.05, 4.69) is 0 Å². The van der Waals surface area contributed by atoms with Crippen molar-refractivity contribution in [3.8, 4) is 0 Å². The molecule has 0 saturated heterocycles. The van der Waals surface area contributed by atoms with Crippen LogP contribution in [-0.4, -0.2) is 23.6 Å². The molecule has 0 amide bonds. The van der Waals surface area contributed by atoms with Crippen LogP contribution in [-0.2, 0) is 4.79 Å². The third kappa shape index (κ3) is 4.29. The molecule has 0 aliphatic rings. The van der Waals surface area contributed by atoms with E-state index in [1.807, 2.05) is 0 Å². The zero-order valence-electron chi connectivity index (χ0n) is 9.58. The minimum atomic E-state index is -2.55. The minimum absolute atomic E-state index is 0.0839. The predicted octanol–water partition coefficient (Wildman–Crippen LogP) is -0.473. The van der Waals surface area contributed by atoms with Gasteiger partial charge in [-0.05, 0) is 19.4 Å². The van der Waals surface area contributed by atoms with Gasteiger partial charge in [0.2, 0.25) is 0 Å². The Morgan fingerprint density at radius 1 is 1.90 bits per heavy atom. The van der Waals surface area contributed by atoms with Gasteiger partial charge in [-0.15, -0.1) is 0 Å². The minimum Gasteiger partial charge on any atom is -0.480 e. The first-order valence-electron chi connectivity index (χ1n) is 4.98. The predicted molar refractivity (Wildman–Crippen MR) is 38.5 cm³/mol. The standard InChI is InChI=1S/C6H14N2O2/c7-4-2-1-3-5(8)6(9)10/h5H,1-4,7-8H2,(H,9,10)/t5-/m1/s1/i3D,5D/hD2/t3?,5-. The Labute approximate surface area is 65.9 Å². The lowest BCUT2D eigenvalue weighted by Crippen LogP contribution is -2.29. The van der Waals surface area contributed by atoms with Crippen molar-refractivity contribution in [3.63, 3.8) is 0 Å². The maximum Gasteiger partial charge on any atom is 0.320 e. The average Bonchev–Trinajstić information content (AvgIpc) is 2.11. The normalized spacial score (nSPS) is 25.4. The van der Waals surface area contributed by atoms with Gasteiger partial charge in [-0.3, -0.25) is 4.79 Å². The van der Waals surface area contributed by atoms with E-state index in [9.17, 15) is 4.79 Å². The second-order valence-electron chi connectivity index (χ2n) is 1.83. The van der Waals surface area contributed by atoms with E-state index >= 15 is 0 Å². The van der Waals surface area contributed by atoms with Gasteiger partial charge in [0.05, 0.1) is 1.37 Å². The van der Waals surface area contributed by atoms with E-state index in [-0.39, 0.29) is 12.1 Å². The molecule has 60 valence electrons. The quantitative estimate of drug-likeness (QED) is 0.477. The van der Waals surface area contributed by atoms with Crippen LogP contribution in [0.25, 0.3) is 0 Å². The van der Waals surface area contributed by atoms with Gasteiger partial charge in [0.15, 0.2) is 0 Å². The van der Waals surface area contributed by atoms with Gasteiger partial charge in [0.25, 0.3) is 0 Å². The Hall–Kier alpha value is -0.610. The fourth-order valence-electron chi connectivity index (χ4n) is 0.444. The molecule has 4 nitrogen and oxygen atoms in total. The van der Waals surface area contributed by atoms with Crippen LogP contribution in [0.4, 0.5) is 0 Å². The zero-order valence-corrected chi connectivity index (χ0v) is 5.58. The summed E-state index contributed by atoms with van der Waals surface area (Å²) in [5, 5.41) is 8.65. The summed E-state index contributed by atoms with van der Waals surface area (Å²) in [5.74, 6) is -1.67. The highest BCUT2D eigenvalue weighted by Gasteiger charge is 2.09. The van der Waals surface area contributed by atoms with Crippen molar-refractivity contribution in [1.82, 2.24) is 0 Å². The molecule has 0 spiro atoms. The average molecular weight is 150 g/mol. The van der Waals surface area contributed by atoms with E-state index < -0.39 is 18.4 Å². The van der Waals surface area contributed by atoms with E-state index in [4.69, 9.17) is 16.4 Å². The molecule has 0 heterocycles. The highest BCUT2D eigenvalue weighted by molar-refractivity contribution is 5.72. The van der Waals surface area contributed by atoms with Gasteiger partial charge in [0, 0.05) is 1.37 Å². The Kier molecular flexibility index (Phi) is 2.24. The van der Waals surface area contributed by atoms with Crippen LogP contribution in [0.3, 0.4) is 0 Å². The third-order valence-corrected chi connectivity index (χ3v) is 0.965. The number of carboxylic acids is 1. The van der Waals surface area contributed by atoms with Gasteiger partial charge in [0.1, 0.15) is 8.84 Å². The lowest BCUT2D eigenvalue weighted by molar-refractivity contribution is -0.138. The maximum absolute atomic E-state index is 10.6. The van der Waals surface area contributed by atoms with Crippen LogP contribution in [0.15, 0.2) is 0 Å². The van der Waals surface area contributed by atoms with Crippen LogP contribution in [0.2, 0.25) is 2.82 Å². The molecule has 4 heteroatoms. The summed E-state index contributed by atoms with van der Waals surface area (Å²) >= 11 is 0. The van der Waals surface area contributed by atoms with Gasteiger partial charge in [-0.2, -0.15) is 0 Å². The Morgan fingerprint density at radius 3 is 3.00 bits per heavy atom. The fraction of sp³-hybridized carbons (Fsp3) is 0.833. The molecule has 0 fully saturated rings. The second kappa shape index (κ2) is 5.20. The smallest absolute Gasteiger partial charge is 0.320 e. The molecule has 5 N–H and O–H groups in total. The highest BCUT2D eigenvalue weighted by atomic mass is 16.4. The number of aliphatic carboxylic acids is 1. The summed E-state index contributed by atoms with van der Waals surface area (Å²) in [6.07, 6.45) is -0.880. The van der Waals surface area contributed by atoms with Crippen LogP contribution in [0.1, 0.15) is 22.0 Å². The first-order chi connectivity index (χ1) is 6.37. The highest BCUT2D eigenvalue weighted by Crippen LogP contribution is 1.96. The molecule has 1 unspecified atom stereocenters. The van der Waals surface area contributed by atoms with Gasteiger partial charge < -0.3 is 16.6 Å². The summed E-state index contributed by atoms with van der Waals surface area (Å²) < 4.78 is 28.3. The monoisotopic (exact) mass is 150 g/mol. The Morgan fingerprint density at radius 2 is 2.60 bits per heavy atom. The number of carbonyl (C=O) groups is 1. The molecule has 0 aromatic heterocycles. The first-order valence-corrected chi connectivity index (χ1v) is 3.01. The number of hydrogen-bond acceptors (Lipinski definition) is 3. The number of rotatable bonds is 6. The van der Waals surface area contributed by atoms with Crippen molar-refractivity contribution in [2.24, 2.45) is 11.5 Å². The van der Waals surface area contributed by atoms with Crippen LogP contribution >= 0.6 is 0 Å². The molecule has 0 aliphatic carbocycles. The van der Waals surface area contributed by atoms with Crippen molar-refractivity contribution in [3.05, 3.63) is 0 Å². The molecule has 0 saturated carbocycles. The van der Waals surface area contributed by atoms with Crippen molar-refractivity contribution >= 4 is 5.97 Å². The molecule has 0 bridgehead atoms. The SMILES string of the molecule is [2H]C(CCCN)[C@]([2H])(C(=O)O)N([2H])[2H]. The Balaban J connectivity index is 4.56. The fourth-order valence-corrected chi connectivity index (χ4v) is 0.444. The van der Waals surface area contributed by atoms with Crippen molar-refractivity contribution in [1.29, 1.82) is 0 Å². The molecule has 10 heavy (non-hydrogen) atoms. The topological polar surface area (TPSA) is 89.3 Å². The molecular formula is C6H14N2O2. The lowest BCUT2D eigenvalue weighted by Gasteiger charge is -2.03. The maximum atomic E-state index is 10.6. The number of nitrogens with two attached hydrogens (primary N) is 2. The number of carboxylic acid groups (broad SMARTS) is 1. The summed E-state index contributed by atoms with van der Waals surface area (Å²) in [6.45, 7) is 0.293. The zero-order chi connectivity index (χ0) is 11.4. The molecule has 0 aliphatic heterocycles. The molecule has 0 radical (unpaired) electrons. The van der Waals surface area contributed by atoms with Gasteiger partial charge in [-0.25, -0.2) is 0 Å². The van der Waals surface area contributed by atoms with Gasteiger partial charge in [-0.1, -0.05) is 6.42 Å². The lowest BCUT2D eigenvalue weighted by atomic mass is 10.1. The van der Waals surface area contributed by atoms with E-state index in [0.717, 1.165) is 0 Å². The van der Waals surface area contributed by atoms with Crippen molar-refractivity contribution < 1.29 is 15.5 Å². The van der Waals surface area contributed by atoms with Crippen LogP contribution in [0.5, 0.6) is 0 Å². The van der Waals surface area contributed by atoms with Crippen molar-refractivity contribution in [2.45, 2.75) is 25.3 Å². The second-order valence-corrected chi connectivity index (χ2v) is 1.83. The van der Waals surface area contributed by atoms with E-state index in [1.54, 1.807) is 0 Å². The van der Waals surface area contributed by atoms with E-state index in [1.165, 1.54) is 0 Å². The molecule has 2 atom stereocenters. The molecule has 0 aromatic rings. The first kappa shape index (κ1) is 4.31. The summed E-state index contributed by atoms with van der Waals surface area (Å²) in [5.41, 5.74) is 4.91.